The minimum atomic E-state index is -4.78. The lowest BCUT2D eigenvalue weighted by Crippen LogP contribution is -2.41. The number of ether oxygens (including phenoxy) is 2. The maximum absolute atomic E-state index is 12.6. The molecule has 12 heteroatoms. The molecule has 0 atom stereocenters. The molecule has 5 N–H and O–H groups in total. The molecule has 3 rings (SSSR count). The number of hydrogen-bond donors (Lipinski definition) is 4. The Balaban J connectivity index is 1.49. The van der Waals surface area contributed by atoms with E-state index in [9.17, 15) is 18.0 Å². The molecular formula is C24H33F3N6O3. The summed E-state index contributed by atoms with van der Waals surface area (Å²) in [5, 5.41) is 9.09. The van der Waals surface area contributed by atoms with Crippen LogP contribution in [0.15, 0.2) is 30.5 Å². The molecule has 1 fully saturated rings. The third kappa shape index (κ3) is 8.97. The van der Waals surface area contributed by atoms with Crippen LogP contribution in [0.5, 0.6) is 5.75 Å². The van der Waals surface area contributed by atoms with E-state index in [4.69, 9.17) is 10.5 Å². The largest absolute Gasteiger partial charge is 0.573 e. The van der Waals surface area contributed by atoms with Crippen LogP contribution in [0.1, 0.15) is 52.0 Å². The number of para-hydroxylation sites is 1. The van der Waals surface area contributed by atoms with Crippen molar-refractivity contribution in [3.8, 4) is 5.75 Å². The summed E-state index contributed by atoms with van der Waals surface area (Å²) in [6, 6.07) is 5.94. The van der Waals surface area contributed by atoms with Crippen molar-refractivity contribution in [3.05, 3.63) is 36.0 Å². The van der Waals surface area contributed by atoms with Gasteiger partial charge in [0.05, 0.1) is 11.9 Å². The zero-order valence-corrected chi connectivity index (χ0v) is 20.6. The van der Waals surface area contributed by atoms with Gasteiger partial charge in [-0.25, -0.2) is 9.78 Å². The van der Waals surface area contributed by atoms with Crippen LogP contribution >= 0.6 is 0 Å². The molecule has 198 valence electrons. The van der Waals surface area contributed by atoms with E-state index in [0.717, 1.165) is 25.7 Å². The van der Waals surface area contributed by atoms with Crippen LogP contribution in [0, 0.1) is 5.92 Å². The summed E-state index contributed by atoms with van der Waals surface area (Å²) in [7, 11) is 0. The number of nitrogens with zero attached hydrogens (tertiary/aromatic N) is 2. The molecule has 0 radical (unpaired) electrons. The van der Waals surface area contributed by atoms with Gasteiger partial charge in [0.1, 0.15) is 11.4 Å². The number of amides is 1. The van der Waals surface area contributed by atoms with E-state index >= 15 is 0 Å². The standard InChI is InChI=1S/C24H33F3N6O3/c1-23(2,3)36-22(34)32-17-10-8-15(9-11-17)12-29-20-18(28)14-31-21(33-20)30-13-16-6-4-5-7-19(16)35-24(25,26)27/h4-7,14-15,17H,8-13,28H2,1-3H3,(H,32,34)(H2,29,30,31,33)/t15-,17-. The summed E-state index contributed by atoms with van der Waals surface area (Å²) in [5.41, 5.74) is 6.15. The topological polar surface area (TPSA) is 123 Å². The van der Waals surface area contributed by atoms with Gasteiger partial charge in [0, 0.05) is 24.7 Å². The predicted octanol–water partition coefficient (Wildman–Crippen LogP) is 5.06. The first-order valence-corrected chi connectivity index (χ1v) is 11.8. The number of aromatic nitrogens is 2. The molecule has 1 amide bonds. The van der Waals surface area contributed by atoms with E-state index in [1.807, 2.05) is 20.8 Å². The van der Waals surface area contributed by atoms with Gasteiger partial charge in [-0.15, -0.1) is 13.2 Å². The van der Waals surface area contributed by atoms with E-state index in [0.29, 0.717) is 29.5 Å². The van der Waals surface area contributed by atoms with Gasteiger partial charge in [-0.05, 0) is 58.4 Å². The van der Waals surface area contributed by atoms with Gasteiger partial charge >= 0.3 is 12.5 Å². The maximum atomic E-state index is 12.6. The second-order valence-corrected chi connectivity index (χ2v) is 9.75. The molecule has 1 aliphatic rings. The second kappa shape index (κ2) is 11.5. The number of anilines is 3. The Labute approximate surface area is 208 Å². The van der Waals surface area contributed by atoms with E-state index in [1.54, 1.807) is 6.07 Å². The average molecular weight is 511 g/mol. The normalized spacial score (nSPS) is 18.3. The van der Waals surface area contributed by atoms with Gasteiger partial charge in [-0.1, -0.05) is 18.2 Å². The Hall–Kier alpha value is -3.44. The van der Waals surface area contributed by atoms with Crippen molar-refractivity contribution in [2.24, 2.45) is 5.92 Å². The van der Waals surface area contributed by atoms with Crippen molar-refractivity contribution in [1.29, 1.82) is 0 Å². The smallest absolute Gasteiger partial charge is 0.444 e. The quantitative estimate of drug-likeness (QED) is 0.388. The van der Waals surface area contributed by atoms with Crippen molar-refractivity contribution < 1.29 is 27.4 Å². The molecular weight excluding hydrogens is 477 g/mol. The molecule has 0 bridgehead atoms. The summed E-state index contributed by atoms with van der Waals surface area (Å²) in [6.45, 7) is 6.16. The number of nitrogens with one attached hydrogen (secondary N) is 3. The van der Waals surface area contributed by atoms with Crippen LogP contribution < -0.4 is 26.4 Å². The molecule has 0 spiro atoms. The summed E-state index contributed by atoms with van der Waals surface area (Å²) >= 11 is 0. The van der Waals surface area contributed by atoms with Gasteiger partial charge < -0.3 is 31.2 Å². The predicted molar refractivity (Wildman–Crippen MR) is 131 cm³/mol. The van der Waals surface area contributed by atoms with Crippen molar-refractivity contribution in [2.75, 3.05) is 22.9 Å². The second-order valence-electron chi connectivity index (χ2n) is 9.75. The lowest BCUT2D eigenvalue weighted by Gasteiger charge is -2.30. The number of alkyl carbamates (subject to hydrolysis) is 1. The molecule has 9 nitrogen and oxygen atoms in total. The van der Waals surface area contributed by atoms with Crippen LogP contribution in [-0.2, 0) is 11.3 Å². The van der Waals surface area contributed by atoms with Gasteiger partial charge in [0.15, 0.2) is 5.82 Å². The van der Waals surface area contributed by atoms with Gasteiger partial charge in [-0.2, -0.15) is 4.98 Å². The number of rotatable bonds is 8. The Morgan fingerprint density at radius 3 is 2.47 bits per heavy atom. The summed E-state index contributed by atoms with van der Waals surface area (Å²) in [4.78, 5) is 20.5. The minimum Gasteiger partial charge on any atom is -0.444 e. The molecule has 1 heterocycles. The number of carbonyl (C=O) groups excluding carboxylic acids is 1. The number of benzene rings is 1. The Kier molecular flexibility index (Phi) is 8.70. The number of nitrogens with two attached hydrogens (primary N) is 1. The first kappa shape index (κ1) is 27.2. The molecule has 1 aliphatic carbocycles. The van der Waals surface area contributed by atoms with Crippen molar-refractivity contribution in [3.63, 3.8) is 0 Å². The van der Waals surface area contributed by atoms with E-state index in [2.05, 4.69) is 30.7 Å². The van der Waals surface area contributed by atoms with E-state index in [1.165, 1.54) is 24.4 Å². The highest BCUT2D eigenvalue weighted by Gasteiger charge is 2.32. The van der Waals surface area contributed by atoms with E-state index < -0.39 is 18.1 Å². The number of carbonyl (C=O) groups is 1. The van der Waals surface area contributed by atoms with Crippen molar-refractivity contribution >= 4 is 23.5 Å². The number of hydrogen-bond acceptors (Lipinski definition) is 8. The third-order valence-corrected chi connectivity index (χ3v) is 5.58. The maximum Gasteiger partial charge on any atom is 0.573 e. The highest BCUT2D eigenvalue weighted by molar-refractivity contribution is 5.68. The number of halogens is 3. The fraction of sp³-hybridized carbons (Fsp3) is 0.542. The Morgan fingerprint density at radius 2 is 1.81 bits per heavy atom. The molecule has 0 unspecified atom stereocenters. The van der Waals surface area contributed by atoms with Crippen LogP contribution in [-0.4, -0.2) is 40.6 Å². The minimum absolute atomic E-state index is 0.0320. The fourth-order valence-electron chi connectivity index (χ4n) is 3.89. The van der Waals surface area contributed by atoms with Gasteiger partial charge in [0.2, 0.25) is 5.95 Å². The van der Waals surface area contributed by atoms with Gasteiger partial charge in [-0.3, -0.25) is 0 Å². The van der Waals surface area contributed by atoms with Gasteiger partial charge in [0.25, 0.3) is 0 Å². The summed E-state index contributed by atoms with van der Waals surface area (Å²) in [5.74, 6) is 0.752. The van der Waals surface area contributed by atoms with Crippen LogP contribution in [0.25, 0.3) is 0 Å². The number of alkyl halides is 3. The lowest BCUT2D eigenvalue weighted by molar-refractivity contribution is -0.274. The highest BCUT2D eigenvalue weighted by atomic mass is 19.4. The van der Waals surface area contributed by atoms with Crippen LogP contribution in [0.4, 0.5) is 35.4 Å². The van der Waals surface area contributed by atoms with Crippen molar-refractivity contribution in [2.45, 2.75) is 71.0 Å². The summed E-state index contributed by atoms with van der Waals surface area (Å²) in [6.07, 6.45) is -0.217. The van der Waals surface area contributed by atoms with Crippen LogP contribution in [0.2, 0.25) is 0 Å². The molecule has 0 aliphatic heterocycles. The molecule has 36 heavy (non-hydrogen) atoms. The van der Waals surface area contributed by atoms with Crippen LogP contribution in [0.3, 0.4) is 0 Å². The lowest BCUT2D eigenvalue weighted by atomic mass is 9.86. The zero-order chi connectivity index (χ0) is 26.3. The van der Waals surface area contributed by atoms with Crippen molar-refractivity contribution in [1.82, 2.24) is 15.3 Å². The SMILES string of the molecule is CC(C)(C)OC(=O)N[C@H]1CC[C@H](CNc2nc(NCc3ccccc3OC(F)(F)F)ncc2N)CC1. The average Bonchev–Trinajstić information content (AvgIpc) is 2.77. The third-order valence-electron chi connectivity index (χ3n) is 5.58. The fourth-order valence-corrected chi connectivity index (χ4v) is 3.89. The number of nitrogen functional groups attached to an aromatic ring is 1. The molecule has 2 aromatic rings. The zero-order valence-electron chi connectivity index (χ0n) is 20.6. The first-order valence-electron chi connectivity index (χ1n) is 11.8. The first-order chi connectivity index (χ1) is 16.9. The molecule has 1 aromatic heterocycles. The molecule has 0 saturated heterocycles. The molecule has 1 aromatic carbocycles. The summed E-state index contributed by atoms with van der Waals surface area (Å²) < 4.78 is 47.3. The Bertz CT molecular complexity index is 1020. The Morgan fingerprint density at radius 1 is 1.11 bits per heavy atom. The highest BCUT2D eigenvalue weighted by Crippen LogP contribution is 2.28. The monoisotopic (exact) mass is 510 g/mol. The molecule has 1 saturated carbocycles. The van der Waals surface area contributed by atoms with E-state index in [-0.39, 0.29) is 24.3 Å².